The molecule has 2 aromatic rings. The van der Waals surface area contributed by atoms with Crippen LogP contribution in [0.25, 0.3) is 0 Å². The second-order valence-electron chi connectivity index (χ2n) is 6.03. The third kappa shape index (κ3) is 4.04. The monoisotopic (exact) mass is 273 g/mol. The number of nitrogens with zero attached hydrogens (tertiary/aromatic N) is 2. The lowest BCUT2D eigenvalue weighted by molar-refractivity contribution is 0.656. The second-order valence-corrected chi connectivity index (χ2v) is 11.1. The standard InChI is InChI=1S/C15H23N3Si/c1-18-10-9-14(17-18)12-16-11-13-5-7-15(8-6-13)19(2,3)4/h5-10,16H,11-12H2,1-4H3. The van der Waals surface area contributed by atoms with E-state index in [1.807, 2.05) is 24.0 Å². The fourth-order valence-corrected chi connectivity index (χ4v) is 3.18. The smallest absolute Gasteiger partial charge is 0.0775 e. The van der Waals surface area contributed by atoms with Crippen LogP contribution in [-0.4, -0.2) is 17.9 Å². The zero-order chi connectivity index (χ0) is 13.9. The zero-order valence-electron chi connectivity index (χ0n) is 12.3. The van der Waals surface area contributed by atoms with E-state index in [0.29, 0.717) is 0 Å². The van der Waals surface area contributed by atoms with E-state index >= 15 is 0 Å². The predicted molar refractivity (Wildman–Crippen MR) is 83.2 cm³/mol. The molecule has 0 saturated carbocycles. The van der Waals surface area contributed by atoms with Gasteiger partial charge in [-0.2, -0.15) is 5.10 Å². The Morgan fingerprint density at radius 2 is 1.74 bits per heavy atom. The van der Waals surface area contributed by atoms with Gasteiger partial charge in [-0.15, -0.1) is 0 Å². The van der Waals surface area contributed by atoms with Crippen molar-refractivity contribution < 1.29 is 0 Å². The number of hydrogen-bond acceptors (Lipinski definition) is 2. The average molecular weight is 273 g/mol. The van der Waals surface area contributed by atoms with Gasteiger partial charge in [-0.05, 0) is 11.6 Å². The Labute approximate surface area is 116 Å². The van der Waals surface area contributed by atoms with Gasteiger partial charge in [0.05, 0.1) is 13.8 Å². The first-order valence-corrected chi connectivity index (χ1v) is 10.2. The molecule has 1 aromatic heterocycles. The first kappa shape index (κ1) is 14.0. The average Bonchev–Trinajstić information content (AvgIpc) is 2.75. The van der Waals surface area contributed by atoms with Crippen molar-refractivity contribution in [3.8, 4) is 0 Å². The van der Waals surface area contributed by atoms with E-state index in [2.05, 4.69) is 54.3 Å². The Balaban J connectivity index is 1.86. The molecule has 1 aromatic carbocycles. The number of benzene rings is 1. The van der Waals surface area contributed by atoms with Gasteiger partial charge >= 0.3 is 0 Å². The molecule has 0 spiro atoms. The summed E-state index contributed by atoms with van der Waals surface area (Å²) in [5.41, 5.74) is 2.42. The summed E-state index contributed by atoms with van der Waals surface area (Å²) in [6.45, 7) is 8.84. The van der Waals surface area contributed by atoms with Gasteiger partial charge in [0.15, 0.2) is 0 Å². The quantitative estimate of drug-likeness (QED) is 0.847. The minimum absolute atomic E-state index is 0.816. The Kier molecular flexibility index (Phi) is 4.22. The topological polar surface area (TPSA) is 29.9 Å². The summed E-state index contributed by atoms with van der Waals surface area (Å²) in [5.74, 6) is 0. The Morgan fingerprint density at radius 3 is 2.26 bits per heavy atom. The van der Waals surface area contributed by atoms with Crippen LogP contribution in [0.1, 0.15) is 11.3 Å². The molecule has 2 rings (SSSR count). The van der Waals surface area contributed by atoms with Crippen LogP contribution in [-0.2, 0) is 20.1 Å². The molecule has 3 nitrogen and oxygen atoms in total. The number of nitrogens with one attached hydrogen (secondary N) is 1. The van der Waals surface area contributed by atoms with Gasteiger partial charge in [-0.25, -0.2) is 0 Å². The summed E-state index contributed by atoms with van der Waals surface area (Å²) in [6, 6.07) is 11.1. The molecule has 0 atom stereocenters. The second kappa shape index (κ2) is 5.71. The number of hydrogen-bond donors (Lipinski definition) is 1. The largest absolute Gasteiger partial charge is 0.307 e. The fraction of sp³-hybridized carbons (Fsp3) is 0.400. The van der Waals surface area contributed by atoms with Crippen LogP contribution in [0.3, 0.4) is 0 Å². The molecule has 0 bridgehead atoms. The minimum Gasteiger partial charge on any atom is -0.307 e. The van der Waals surface area contributed by atoms with Crippen molar-refractivity contribution in [2.75, 3.05) is 0 Å². The highest BCUT2D eigenvalue weighted by atomic mass is 28.3. The molecule has 0 fully saturated rings. The lowest BCUT2D eigenvalue weighted by atomic mass is 10.2. The van der Waals surface area contributed by atoms with Crippen molar-refractivity contribution in [3.63, 3.8) is 0 Å². The van der Waals surface area contributed by atoms with Gasteiger partial charge in [-0.3, -0.25) is 4.68 Å². The molecule has 0 radical (unpaired) electrons. The van der Waals surface area contributed by atoms with E-state index in [9.17, 15) is 0 Å². The van der Waals surface area contributed by atoms with Crippen molar-refractivity contribution in [2.24, 2.45) is 7.05 Å². The van der Waals surface area contributed by atoms with E-state index in [0.717, 1.165) is 18.8 Å². The summed E-state index contributed by atoms with van der Waals surface area (Å²) >= 11 is 0. The molecule has 19 heavy (non-hydrogen) atoms. The Hall–Kier alpha value is -1.39. The van der Waals surface area contributed by atoms with E-state index in [1.54, 1.807) is 0 Å². The third-order valence-corrected chi connectivity index (χ3v) is 5.29. The highest BCUT2D eigenvalue weighted by molar-refractivity contribution is 6.88. The van der Waals surface area contributed by atoms with Gasteiger partial charge in [0, 0.05) is 26.3 Å². The molecular formula is C15H23N3Si. The molecule has 1 heterocycles. The highest BCUT2D eigenvalue weighted by Crippen LogP contribution is 2.05. The molecule has 0 saturated heterocycles. The summed E-state index contributed by atoms with van der Waals surface area (Å²) in [5, 5.41) is 9.29. The van der Waals surface area contributed by atoms with E-state index in [4.69, 9.17) is 0 Å². The van der Waals surface area contributed by atoms with Crippen molar-refractivity contribution in [3.05, 3.63) is 47.8 Å². The van der Waals surface area contributed by atoms with Crippen LogP contribution in [0.15, 0.2) is 36.5 Å². The lowest BCUT2D eigenvalue weighted by Crippen LogP contribution is -2.37. The summed E-state index contributed by atoms with van der Waals surface area (Å²) < 4.78 is 1.83. The van der Waals surface area contributed by atoms with Crippen molar-refractivity contribution in [2.45, 2.75) is 32.7 Å². The fourth-order valence-electron chi connectivity index (χ4n) is 2.01. The molecule has 0 amide bonds. The van der Waals surface area contributed by atoms with Crippen molar-refractivity contribution >= 4 is 13.3 Å². The van der Waals surface area contributed by atoms with E-state index in [-0.39, 0.29) is 0 Å². The maximum Gasteiger partial charge on any atom is 0.0775 e. The van der Waals surface area contributed by atoms with Gasteiger partial charge < -0.3 is 5.32 Å². The van der Waals surface area contributed by atoms with Crippen molar-refractivity contribution in [1.29, 1.82) is 0 Å². The minimum atomic E-state index is -1.17. The first-order chi connectivity index (χ1) is 8.95. The van der Waals surface area contributed by atoms with Gasteiger partial charge in [0.2, 0.25) is 0 Å². The SMILES string of the molecule is Cn1ccc(CNCc2ccc([Si](C)(C)C)cc2)n1. The van der Waals surface area contributed by atoms with Crippen LogP contribution in [0.2, 0.25) is 19.6 Å². The zero-order valence-corrected chi connectivity index (χ0v) is 13.3. The molecule has 0 aliphatic carbocycles. The number of aryl methyl sites for hydroxylation is 1. The predicted octanol–water partition coefficient (Wildman–Crippen LogP) is 2.26. The van der Waals surface area contributed by atoms with Crippen LogP contribution < -0.4 is 10.5 Å². The van der Waals surface area contributed by atoms with Gasteiger partial charge in [-0.1, -0.05) is 49.1 Å². The van der Waals surface area contributed by atoms with Crippen LogP contribution >= 0.6 is 0 Å². The normalized spacial score (nSPS) is 11.8. The van der Waals surface area contributed by atoms with Gasteiger partial charge in [0.1, 0.15) is 0 Å². The molecular weight excluding hydrogens is 250 g/mol. The Morgan fingerprint density at radius 1 is 1.05 bits per heavy atom. The molecule has 4 heteroatoms. The maximum atomic E-state index is 4.35. The van der Waals surface area contributed by atoms with Crippen LogP contribution in [0, 0.1) is 0 Å². The van der Waals surface area contributed by atoms with Crippen LogP contribution in [0.4, 0.5) is 0 Å². The number of aromatic nitrogens is 2. The highest BCUT2D eigenvalue weighted by Gasteiger charge is 2.15. The summed E-state index contributed by atoms with van der Waals surface area (Å²) in [4.78, 5) is 0. The van der Waals surface area contributed by atoms with E-state index < -0.39 is 8.07 Å². The summed E-state index contributed by atoms with van der Waals surface area (Å²) in [6.07, 6.45) is 1.97. The molecule has 102 valence electrons. The third-order valence-electron chi connectivity index (χ3n) is 3.22. The van der Waals surface area contributed by atoms with E-state index in [1.165, 1.54) is 10.8 Å². The lowest BCUT2D eigenvalue weighted by Gasteiger charge is -2.16. The van der Waals surface area contributed by atoms with Crippen molar-refractivity contribution in [1.82, 2.24) is 15.1 Å². The molecule has 0 unspecified atom stereocenters. The maximum absolute atomic E-state index is 4.35. The summed E-state index contributed by atoms with van der Waals surface area (Å²) in [7, 11) is 0.773. The first-order valence-electron chi connectivity index (χ1n) is 6.74. The molecule has 0 aliphatic heterocycles. The van der Waals surface area contributed by atoms with Crippen LogP contribution in [0.5, 0.6) is 0 Å². The Bertz CT molecular complexity index is 523. The molecule has 1 N–H and O–H groups in total. The number of rotatable bonds is 5. The molecule has 0 aliphatic rings. The van der Waals surface area contributed by atoms with Gasteiger partial charge in [0.25, 0.3) is 0 Å².